The first-order chi connectivity index (χ1) is 14.5. The summed E-state index contributed by atoms with van der Waals surface area (Å²) in [5.41, 5.74) is 2.57. The number of rotatable bonds is 6. The summed E-state index contributed by atoms with van der Waals surface area (Å²) in [7, 11) is 0. The molecule has 1 aliphatic heterocycles. The molecule has 152 valence electrons. The Kier molecular flexibility index (Phi) is 5.14. The Balaban J connectivity index is 1.45. The Morgan fingerprint density at radius 3 is 2.27 bits per heavy atom. The molecule has 3 aromatic rings. The lowest BCUT2D eigenvalue weighted by Crippen LogP contribution is -2.42. The van der Waals surface area contributed by atoms with E-state index in [9.17, 15) is 14.4 Å². The van der Waals surface area contributed by atoms with Crippen LogP contribution < -0.4 is 0 Å². The third-order valence-corrected chi connectivity index (χ3v) is 5.01. The summed E-state index contributed by atoms with van der Waals surface area (Å²) < 4.78 is 5.29. The number of hydrogen-bond donors (Lipinski definition) is 0. The van der Waals surface area contributed by atoms with Gasteiger partial charge in [-0.3, -0.25) is 19.3 Å². The minimum absolute atomic E-state index is 0.0946. The van der Waals surface area contributed by atoms with E-state index in [1.807, 2.05) is 31.2 Å². The molecule has 8 heteroatoms. The second-order valence-corrected chi connectivity index (χ2v) is 7.03. The van der Waals surface area contributed by atoms with Gasteiger partial charge < -0.3 is 9.42 Å². The Labute approximate surface area is 173 Å². The second kappa shape index (κ2) is 7.90. The number of aromatic nitrogens is 2. The average Bonchev–Trinajstić information content (AvgIpc) is 3.32. The van der Waals surface area contributed by atoms with Gasteiger partial charge in [-0.25, -0.2) is 0 Å². The van der Waals surface area contributed by atoms with Crippen molar-refractivity contribution in [2.75, 3.05) is 13.1 Å². The number of likely N-dealkylation sites (N-methyl/N-ethyl adjacent to an activating group) is 1. The highest BCUT2D eigenvalue weighted by atomic mass is 16.5. The van der Waals surface area contributed by atoms with Crippen molar-refractivity contribution in [1.29, 1.82) is 0 Å². The van der Waals surface area contributed by atoms with E-state index in [-0.39, 0.29) is 24.9 Å². The standard InChI is InChI=1S/C22H20N4O4/c1-3-25(12-18-23-20(24-30-18)15-10-8-14(2)9-11-15)19(27)13-26-21(28)16-6-4-5-7-17(16)22(26)29/h4-11H,3,12-13H2,1-2H3. The zero-order valence-corrected chi connectivity index (χ0v) is 16.7. The fraction of sp³-hybridized carbons (Fsp3) is 0.227. The van der Waals surface area contributed by atoms with E-state index in [1.165, 1.54) is 4.90 Å². The number of nitrogens with zero attached hydrogens (tertiary/aromatic N) is 4. The van der Waals surface area contributed by atoms with Gasteiger partial charge in [0.1, 0.15) is 13.1 Å². The van der Waals surface area contributed by atoms with Crippen LogP contribution in [0.25, 0.3) is 11.4 Å². The zero-order chi connectivity index (χ0) is 21.3. The van der Waals surface area contributed by atoms with E-state index in [1.54, 1.807) is 31.2 Å². The molecule has 0 bridgehead atoms. The predicted molar refractivity (Wildman–Crippen MR) is 107 cm³/mol. The monoisotopic (exact) mass is 404 g/mol. The fourth-order valence-corrected chi connectivity index (χ4v) is 3.30. The molecule has 0 saturated heterocycles. The highest BCUT2D eigenvalue weighted by Crippen LogP contribution is 2.22. The van der Waals surface area contributed by atoms with Crippen LogP contribution in [-0.2, 0) is 11.3 Å². The molecule has 0 radical (unpaired) electrons. The number of imide groups is 1. The number of fused-ring (bicyclic) bond motifs is 1. The van der Waals surface area contributed by atoms with Crippen molar-refractivity contribution >= 4 is 17.7 Å². The minimum Gasteiger partial charge on any atom is -0.337 e. The fourth-order valence-electron chi connectivity index (χ4n) is 3.30. The summed E-state index contributed by atoms with van der Waals surface area (Å²) in [5.74, 6) is -0.571. The second-order valence-electron chi connectivity index (χ2n) is 7.03. The number of aryl methyl sites for hydroxylation is 1. The van der Waals surface area contributed by atoms with Crippen LogP contribution in [0, 0.1) is 6.92 Å². The molecule has 3 amide bonds. The lowest BCUT2D eigenvalue weighted by Gasteiger charge is -2.21. The van der Waals surface area contributed by atoms with E-state index < -0.39 is 11.8 Å². The van der Waals surface area contributed by atoms with E-state index in [0.29, 0.717) is 23.5 Å². The predicted octanol–water partition coefficient (Wildman–Crippen LogP) is 2.69. The molecule has 0 saturated carbocycles. The van der Waals surface area contributed by atoms with E-state index in [2.05, 4.69) is 10.1 Å². The molecule has 0 N–H and O–H groups in total. The summed E-state index contributed by atoms with van der Waals surface area (Å²) in [4.78, 5) is 44.6. The SMILES string of the molecule is CCN(Cc1nc(-c2ccc(C)cc2)no1)C(=O)CN1C(=O)c2ccccc2C1=O. The maximum atomic E-state index is 12.8. The number of carbonyl (C=O) groups is 3. The number of carbonyl (C=O) groups excluding carboxylic acids is 3. The normalized spacial score (nSPS) is 12.9. The molecule has 0 atom stereocenters. The van der Waals surface area contributed by atoms with Gasteiger partial charge in [-0.1, -0.05) is 47.1 Å². The molecular formula is C22H20N4O4. The summed E-state index contributed by atoms with van der Waals surface area (Å²) in [6.07, 6.45) is 0. The minimum atomic E-state index is -0.459. The van der Waals surface area contributed by atoms with Crippen molar-refractivity contribution in [3.05, 3.63) is 71.1 Å². The van der Waals surface area contributed by atoms with Crippen LogP contribution in [-0.4, -0.2) is 50.8 Å². The summed E-state index contributed by atoms with van der Waals surface area (Å²) in [6.45, 7) is 3.92. The van der Waals surface area contributed by atoms with Crippen LogP contribution in [0.4, 0.5) is 0 Å². The molecule has 4 rings (SSSR count). The van der Waals surface area contributed by atoms with Gasteiger partial charge in [0, 0.05) is 12.1 Å². The Bertz CT molecular complexity index is 1090. The van der Waals surface area contributed by atoms with E-state index in [0.717, 1.165) is 16.0 Å². The molecule has 30 heavy (non-hydrogen) atoms. The van der Waals surface area contributed by atoms with Crippen LogP contribution in [0.3, 0.4) is 0 Å². The third kappa shape index (κ3) is 3.59. The highest BCUT2D eigenvalue weighted by Gasteiger charge is 2.37. The van der Waals surface area contributed by atoms with Crippen molar-refractivity contribution in [1.82, 2.24) is 19.9 Å². The largest absolute Gasteiger partial charge is 0.337 e. The van der Waals surface area contributed by atoms with Gasteiger partial charge in [-0.05, 0) is 26.0 Å². The molecule has 1 aliphatic rings. The molecule has 0 unspecified atom stereocenters. The first kappa shape index (κ1) is 19.5. The van der Waals surface area contributed by atoms with Gasteiger partial charge in [0.25, 0.3) is 11.8 Å². The van der Waals surface area contributed by atoms with Crippen LogP contribution in [0.2, 0.25) is 0 Å². The smallest absolute Gasteiger partial charge is 0.262 e. The van der Waals surface area contributed by atoms with Crippen LogP contribution in [0.1, 0.15) is 39.1 Å². The Hall–Kier alpha value is -3.81. The highest BCUT2D eigenvalue weighted by molar-refractivity contribution is 6.22. The lowest BCUT2D eigenvalue weighted by molar-refractivity contribution is -0.132. The molecule has 0 fully saturated rings. The molecule has 0 spiro atoms. The molecule has 2 aromatic carbocycles. The zero-order valence-electron chi connectivity index (χ0n) is 16.7. The maximum absolute atomic E-state index is 12.8. The van der Waals surface area contributed by atoms with Crippen molar-refractivity contribution < 1.29 is 18.9 Å². The van der Waals surface area contributed by atoms with Crippen LogP contribution >= 0.6 is 0 Å². The number of hydrogen-bond acceptors (Lipinski definition) is 6. The first-order valence-corrected chi connectivity index (χ1v) is 9.60. The van der Waals surface area contributed by atoms with Gasteiger partial charge in [-0.2, -0.15) is 4.98 Å². The number of amides is 3. The van der Waals surface area contributed by atoms with Gasteiger partial charge in [0.2, 0.25) is 17.6 Å². The molecule has 0 aliphatic carbocycles. The summed E-state index contributed by atoms with van der Waals surface area (Å²) in [6, 6.07) is 14.3. The maximum Gasteiger partial charge on any atom is 0.262 e. The third-order valence-electron chi connectivity index (χ3n) is 5.01. The lowest BCUT2D eigenvalue weighted by atomic mass is 10.1. The van der Waals surface area contributed by atoms with Gasteiger partial charge in [-0.15, -0.1) is 0 Å². The summed E-state index contributed by atoms with van der Waals surface area (Å²) in [5, 5.41) is 3.97. The Morgan fingerprint density at radius 2 is 1.67 bits per heavy atom. The average molecular weight is 404 g/mol. The Morgan fingerprint density at radius 1 is 1.03 bits per heavy atom. The quantitative estimate of drug-likeness (QED) is 0.586. The van der Waals surface area contributed by atoms with E-state index >= 15 is 0 Å². The van der Waals surface area contributed by atoms with Crippen molar-refractivity contribution in [3.63, 3.8) is 0 Å². The van der Waals surface area contributed by atoms with Crippen molar-refractivity contribution in [3.8, 4) is 11.4 Å². The van der Waals surface area contributed by atoms with Crippen LogP contribution in [0.5, 0.6) is 0 Å². The number of benzene rings is 2. The molecule has 1 aromatic heterocycles. The van der Waals surface area contributed by atoms with Crippen LogP contribution in [0.15, 0.2) is 53.1 Å². The summed E-state index contributed by atoms with van der Waals surface area (Å²) >= 11 is 0. The van der Waals surface area contributed by atoms with Gasteiger partial charge in [0.15, 0.2) is 0 Å². The van der Waals surface area contributed by atoms with Crippen molar-refractivity contribution in [2.24, 2.45) is 0 Å². The van der Waals surface area contributed by atoms with E-state index in [4.69, 9.17) is 4.52 Å². The van der Waals surface area contributed by atoms with Gasteiger partial charge >= 0.3 is 0 Å². The molecule has 8 nitrogen and oxygen atoms in total. The molecule has 2 heterocycles. The topological polar surface area (TPSA) is 96.6 Å². The van der Waals surface area contributed by atoms with Gasteiger partial charge in [0.05, 0.1) is 11.1 Å². The first-order valence-electron chi connectivity index (χ1n) is 9.60. The molecular weight excluding hydrogens is 384 g/mol. The van der Waals surface area contributed by atoms with Crippen molar-refractivity contribution in [2.45, 2.75) is 20.4 Å².